The van der Waals surface area contributed by atoms with Crippen molar-refractivity contribution in [1.29, 1.82) is 0 Å². The van der Waals surface area contributed by atoms with Crippen molar-refractivity contribution in [1.82, 2.24) is 5.32 Å². The van der Waals surface area contributed by atoms with E-state index >= 15 is 0 Å². The number of ether oxygens (including phenoxy) is 1. The summed E-state index contributed by atoms with van der Waals surface area (Å²) < 4.78 is 6.08. The number of nitrogens with one attached hydrogen (secondary N) is 1. The number of carbonyl (C=O) groups excluding carboxylic acids is 2. The van der Waals surface area contributed by atoms with E-state index in [2.05, 4.69) is 51.2 Å². The van der Waals surface area contributed by atoms with Crippen LogP contribution in [0.3, 0.4) is 0 Å². The Morgan fingerprint density at radius 1 is 0.860 bits per heavy atom. The van der Waals surface area contributed by atoms with Crippen molar-refractivity contribution in [2.24, 2.45) is 40.4 Å². The third-order valence-corrected chi connectivity index (χ3v) is 14.0. The van der Waals surface area contributed by atoms with Gasteiger partial charge in [-0.2, -0.15) is 0 Å². The molecule has 4 aliphatic rings. The molecule has 0 aromatic rings. The number of rotatable bonds is 22. The first kappa shape index (κ1) is 40.7. The summed E-state index contributed by atoms with van der Waals surface area (Å²) in [5, 5.41) is 11.9. The van der Waals surface area contributed by atoms with E-state index in [4.69, 9.17) is 9.84 Å². The fourth-order valence-corrected chi connectivity index (χ4v) is 11.0. The number of carbonyl (C=O) groups is 3. The molecule has 0 aromatic heterocycles. The standard InChI is InChI=1S/C44H73NO5/c1-5-6-7-8-9-10-11-12-13-14-15-16-17-18-19-22-41(48)50-35-27-29-43(3)34(32-35)23-24-36-38-26-25-37(44(38,4)30-28-39(36)43)33(2)42(49)45-31-20-21-40(46)47/h12-13,23,33,35-39H,5-11,14-22,24-32H2,1-4H3,(H,45,49)(H,46,47)/b13-12+/t33-,35+,36-,37+,38-,39-,43-,44+/m0/s1. The molecule has 4 aliphatic carbocycles. The van der Waals surface area contributed by atoms with Gasteiger partial charge in [-0.15, -0.1) is 0 Å². The molecule has 50 heavy (non-hydrogen) atoms. The Kier molecular flexibility index (Phi) is 16.4. The zero-order valence-corrected chi connectivity index (χ0v) is 32.5. The van der Waals surface area contributed by atoms with Crippen LogP contribution in [0.4, 0.5) is 0 Å². The van der Waals surface area contributed by atoms with Crippen LogP contribution in [-0.2, 0) is 19.1 Å². The third kappa shape index (κ3) is 11.0. The van der Waals surface area contributed by atoms with Crippen molar-refractivity contribution in [3.8, 4) is 0 Å². The van der Waals surface area contributed by atoms with Crippen LogP contribution >= 0.6 is 0 Å². The predicted octanol–water partition coefficient (Wildman–Crippen LogP) is 11.1. The van der Waals surface area contributed by atoms with Crippen molar-refractivity contribution < 1.29 is 24.2 Å². The third-order valence-electron chi connectivity index (χ3n) is 14.0. The summed E-state index contributed by atoms with van der Waals surface area (Å²) >= 11 is 0. The zero-order valence-electron chi connectivity index (χ0n) is 32.5. The number of hydrogen-bond donors (Lipinski definition) is 2. The van der Waals surface area contributed by atoms with Crippen molar-refractivity contribution >= 4 is 17.8 Å². The summed E-state index contributed by atoms with van der Waals surface area (Å²) in [5.41, 5.74) is 1.91. The van der Waals surface area contributed by atoms with Crippen LogP contribution in [0.1, 0.15) is 182 Å². The van der Waals surface area contributed by atoms with E-state index in [-0.39, 0.29) is 41.1 Å². The Bertz CT molecular complexity index is 1150. The minimum Gasteiger partial charge on any atom is -0.481 e. The summed E-state index contributed by atoms with van der Waals surface area (Å²) in [6, 6.07) is 0. The summed E-state index contributed by atoms with van der Waals surface area (Å²) in [7, 11) is 0. The summed E-state index contributed by atoms with van der Waals surface area (Å²) in [4.78, 5) is 36.8. The SMILES string of the molecule is CCCCCCCC/C=C/CCCCCCCC(=O)O[C@@H]1CC[C@@]2(C)C(=CC[C@H]3[C@@H]4CC[C@H]([C@H](C)C(=O)NCCCC(=O)O)[C@@]4(C)CC[C@@H]32)C1. The molecular weight excluding hydrogens is 622 g/mol. The highest BCUT2D eigenvalue weighted by molar-refractivity contribution is 5.78. The molecule has 0 aliphatic heterocycles. The molecule has 0 saturated heterocycles. The largest absolute Gasteiger partial charge is 0.481 e. The summed E-state index contributed by atoms with van der Waals surface area (Å²) in [6.07, 6.45) is 33.6. The second kappa shape index (κ2) is 20.2. The van der Waals surface area contributed by atoms with E-state index in [0.717, 1.165) is 44.9 Å². The minimum atomic E-state index is -0.813. The molecule has 6 heteroatoms. The lowest BCUT2D eigenvalue weighted by Crippen LogP contribution is -2.51. The number of carboxylic acid groups (broad SMARTS) is 1. The van der Waals surface area contributed by atoms with E-state index in [9.17, 15) is 14.4 Å². The lowest BCUT2D eigenvalue weighted by Gasteiger charge is -2.58. The van der Waals surface area contributed by atoms with Crippen molar-refractivity contribution in [2.75, 3.05) is 6.54 Å². The van der Waals surface area contributed by atoms with Crippen LogP contribution in [0.15, 0.2) is 23.8 Å². The molecule has 6 nitrogen and oxygen atoms in total. The number of unbranched alkanes of at least 4 members (excludes halogenated alkanes) is 11. The van der Waals surface area contributed by atoms with Crippen LogP contribution in [-0.4, -0.2) is 35.6 Å². The fourth-order valence-electron chi connectivity index (χ4n) is 11.0. The van der Waals surface area contributed by atoms with Gasteiger partial charge in [-0.1, -0.05) is 103 Å². The molecule has 0 aromatic carbocycles. The van der Waals surface area contributed by atoms with Gasteiger partial charge < -0.3 is 15.2 Å². The number of hydrogen-bond acceptors (Lipinski definition) is 4. The van der Waals surface area contributed by atoms with E-state index in [0.29, 0.717) is 43.1 Å². The molecule has 0 bridgehead atoms. The van der Waals surface area contributed by atoms with Crippen LogP contribution in [0, 0.1) is 40.4 Å². The lowest BCUT2D eigenvalue weighted by molar-refractivity contribution is -0.151. The van der Waals surface area contributed by atoms with Gasteiger partial charge in [0.25, 0.3) is 0 Å². The topological polar surface area (TPSA) is 92.7 Å². The molecule has 3 fully saturated rings. The Labute approximate surface area is 305 Å². The van der Waals surface area contributed by atoms with Gasteiger partial charge in [-0.3, -0.25) is 14.4 Å². The molecule has 3 saturated carbocycles. The maximum absolute atomic E-state index is 13.1. The second-order valence-corrected chi connectivity index (χ2v) is 17.3. The Balaban J connectivity index is 1.14. The molecule has 8 atom stereocenters. The molecule has 2 N–H and O–H groups in total. The number of aliphatic carboxylic acids is 1. The monoisotopic (exact) mass is 696 g/mol. The number of amides is 1. The first-order valence-electron chi connectivity index (χ1n) is 21.1. The van der Waals surface area contributed by atoms with Gasteiger partial charge in [0.05, 0.1) is 0 Å². The Morgan fingerprint density at radius 2 is 1.54 bits per heavy atom. The molecule has 0 radical (unpaired) electrons. The fraction of sp³-hybridized carbons (Fsp3) is 0.841. The Hall–Kier alpha value is -2.11. The van der Waals surface area contributed by atoms with Gasteiger partial charge in [0.2, 0.25) is 5.91 Å². The molecular formula is C44H73NO5. The van der Waals surface area contributed by atoms with Gasteiger partial charge >= 0.3 is 11.9 Å². The van der Waals surface area contributed by atoms with Crippen molar-refractivity contribution in [2.45, 2.75) is 188 Å². The first-order chi connectivity index (χ1) is 24.1. The molecule has 4 rings (SSSR count). The van der Waals surface area contributed by atoms with Gasteiger partial charge in [-0.05, 0) is 118 Å². The first-order valence-corrected chi connectivity index (χ1v) is 21.1. The van der Waals surface area contributed by atoms with Crippen LogP contribution in [0.5, 0.6) is 0 Å². The highest BCUT2D eigenvalue weighted by Crippen LogP contribution is 2.67. The molecule has 0 unspecified atom stereocenters. The van der Waals surface area contributed by atoms with Gasteiger partial charge in [-0.25, -0.2) is 0 Å². The Morgan fingerprint density at radius 3 is 2.24 bits per heavy atom. The lowest BCUT2D eigenvalue weighted by atomic mass is 9.47. The number of carboxylic acids is 1. The number of fused-ring (bicyclic) bond motifs is 5. The van der Waals surface area contributed by atoms with Gasteiger partial charge in [0.15, 0.2) is 0 Å². The van der Waals surface area contributed by atoms with Crippen molar-refractivity contribution in [3.63, 3.8) is 0 Å². The maximum Gasteiger partial charge on any atom is 0.306 e. The number of esters is 1. The zero-order chi connectivity index (χ0) is 36.0. The van der Waals surface area contributed by atoms with E-state index in [1.54, 1.807) is 0 Å². The maximum atomic E-state index is 13.1. The quantitative estimate of drug-likeness (QED) is 0.0668. The van der Waals surface area contributed by atoms with Crippen molar-refractivity contribution in [3.05, 3.63) is 23.8 Å². The molecule has 284 valence electrons. The van der Waals surface area contributed by atoms with Gasteiger partial charge in [0.1, 0.15) is 6.10 Å². The average Bonchev–Trinajstić information content (AvgIpc) is 3.45. The second-order valence-electron chi connectivity index (χ2n) is 17.3. The van der Waals surface area contributed by atoms with Crippen LogP contribution in [0.2, 0.25) is 0 Å². The highest BCUT2D eigenvalue weighted by atomic mass is 16.5. The number of allylic oxidation sites excluding steroid dienone is 3. The van der Waals surface area contributed by atoms with E-state index in [1.807, 2.05) is 0 Å². The van der Waals surface area contributed by atoms with E-state index < -0.39 is 5.97 Å². The summed E-state index contributed by atoms with van der Waals surface area (Å²) in [6.45, 7) is 9.77. The molecule has 1 amide bonds. The molecule has 0 spiro atoms. The van der Waals surface area contributed by atoms with E-state index in [1.165, 1.54) is 95.5 Å². The highest BCUT2D eigenvalue weighted by Gasteiger charge is 2.59. The normalized spacial score (nSPS) is 31.0. The molecule has 0 heterocycles. The minimum absolute atomic E-state index is 0.00371. The summed E-state index contributed by atoms with van der Waals surface area (Å²) in [5.74, 6) is 1.59. The predicted molar refractivity (Wildman–Crippen MR) is 204 cm³/mol. The average molecular weight is 696 g/mol. The van der Waals surface area contributed by atoms with Crippen LogP contribution in [0.25, 0.3) is 0 Å². The smallest absolute Gasteiger partial charge is 0.306 e. The van der Waals surface area contributed by atoms with Gasteiger partial charge in [0, 0.05) is 31.7 Å². The van der Waals surface area contributed by atoms with Crippen LogP contribution < -0.4 is 5.32 Å².